The van der Waals surface area contributed by atoms with E-state index >= 15 is 0 Å². The van der Waals surface area contributed by atoms with E-state index < -0.39 is 0 Å². The van der Waals surface area contributed by atoms with Crippen LogP contribution in [0.3, 0.4) is 0 Å². The van der Waals surface area contributed by atoms with Gasteiger partial charge in [-0.1, -0.05) is 0 Å². The number of amides is 1. The van der Waals surface area contributed by atoms with E-state index in [-0.39, 0.29) is 43.0 Å². The number of nitrogens with one attached hydrogen (secondary N) is 2. The van der Waals surface area contributed by atoms with Crippen molar-refractivity contribution in [3.8, 4) is 0 Å². The molecule has 1 rings (SSSR count). The highest BCUT2D eigenvalue weighted by Gasteiger charge is 2.13. The molecule has 6 heteroatoms. The lowest BCUT2D eigenvalue weighted by atomic mass is 10.1. The highest BCUT2D eigenvalue weighted by atomic mass is 35.5. The molecule has 20 heavy (non-hydrogen) atoms. The van der Waals surface area contributed by atoms with E-state index in [9.17, 15) is 9.59 Å². The third-order valence-electron chi connectivity index (χ3n) is 3.02. The van der Waals surface area contributed by atoms with E-state index in [4.69, 9.17) is 0 Å². The maximum absolute atomic E-state index is 12.0. The number of hydrogen-bond donors (Lipinski definition) is 2. The average Bonchev–Trinajstić information content (AvgIpc) is 2.72. The van der Waals surface area contributed by atoms with Gasteiger partial charge in [-0.25, -0.2) is 0 Å². The molecule has 1 unspecified atom stereocenters. The lowest BCUT2D eigenvalue weighted by Gasteiger charge is -2.11. The predicted molar refractivity (Wildman–Crippen MR) is 86.1 cm³/mol. The van der Waals surface area contributed by atoms with E-state index in [0.29, 0.717) is 6.54 Å². The predicted octanol–water partition coefficient (Wildman–Crippen LogP) is 2.47. The van der Waals surface area contributed by atoms with Crippen LogP contribution in [0.1, 0.15) is 39.9 Å². The van der Waals surface area contributed by atoms with Crippen LogP contribution in [0, 0.1) is 13.8 Å². The Bertz CT molecular complexity index is 460. The maximum atomic E-state index is 12.0. The maximum Gasteiger partial charge on any atom is 0.220 e. The van der Waals surface area contributed by atoms with Crippen molar-refractivity contribution >= 4 is 35.4 Å². The third-order valence-corrected chi connectivity index (χ3v) is 3.98. The van der Waals surface area contributed by atoms with Crippen molar-refractivity contribution in [2.45, 2.75) is 39.7 Å². The summed E-state index contributed by atoms with van der Waals surface area (Å²) in [5.41, 5.74) is 0.763. The number of aryl methyl sites for hydroxylation is 2. The van der Waals surface area contributed by atoms with Gasteiger partial charge < -0.3 is 10.6 Å². The molecule has 0 aliphatic carbocycles. The number of Topliss-reactive ketones (excluding diaryl/α,β-unsaturated/α-hetero) is 1. The summed E-state index contributed by atoms with van der Waals surface area (Å²) in [6.07, 6.45) is 0.528. The van der Waals surface area contributed by atoms with E-state index in [2.05, 4.69) is 10.6 Å². The molecule has 1 atom stereocenters. The fraction of sp³-hybridized carbons (Fsp3) is 0.571. The summed E-state index contributed by atoms with van der Waals surface area (Å²) in [7, 11) is 1.85. The van der Waals surface area contributed by atoms with Crippen LogP contribution in [0.15, 0.2) is 6.07 Å². The summed E-state index contributed by atoms with van der Waals surface area (Å²) in [5, 5.41) is 5.85. The Hall–Kier alpha value is -0.910. The van der Waals surface area contributed by atoms with Crippen LogP contribution in [0.5, 0.6) is 0 Å². The van der Waals surface area contributed by atoms with Crippen LogP contribution in [0.2, 0.25) is 0 Å². The molecule has 0 radical (unpaired) electrons. The van der Waals surface area contributed by atoms with Gasteiger partial charge in [-0.3, -0.25) is 9.59 Å². The van der Waals surface area contributed by atoms with Crippen molar-refractivity contribution in [3.63, 3.8) is 0 Å². The minimum absolute atomic E-state index is 0. The number of rotatable bonds is 7. The Labute approximate surface area is 130 Å². The molecule has 0 bridgehead atoms. The molecule has 1 aromatic rings. The average molecular weight is 319 g/mol. The van der Waals surface area contributed by atoms with Crippen molar-refractivity contribution in [3.05, 3.63) is 21.4 Å². The Morgan fingerprint density at radius 2 is 1.95 bits per heavy atom. The van der Waals surface area contributed by atoms with Crippen LogP contribution < -0.4 is 10.6 Å². The lowest BCUT2D eigenvalue weighted by Crippen LogP contribution is -2.37. The first-order valence-corrected chi connectivity index (χ1v) is 7.30. The molecular weight excluding hydrogens is 296 g/mol. The summed E-state index contributed by atoms with van der Waals surface area (Å²) in [4.78, 5) is 25.8. The molecular formula is C14H23ClN2O2S. The van der Waals surface area contributed by atoms with Gasteiger partial charge in [0.15, 0.2) is 5.78 Å². The second kappa shape index (κ2) is 9.10. The minimum atomic E-state index is -0.0694. The highest BCUT2D eigenvalue weighted by molar-refractivity contribution is 7.12. The fourth-order valence-corrected chi connectivity index (χ4v) is 2.67. The first kappa shape index (κ1) is 19.1. The van der Waals surface area contributed by atoms with Crippen LogP contribution in [-0.2, 0) is 4.79 Å². The molecule has 0 spiro atoms. The van der Waals surface area contributed by atoms with Crippen molar-refractivity contribution < 1.29 is 9.59 Å². The molecule has 1 heterocycles. The molecule has 0 saturated carbocycles. The SMILES string of the molecule is CNC(C)CNC(=O)CCC(=O)c1cc(C)sc1C.Cl. The van der Waals surface area contributed by atoms with Gasteiger partial charge in [-0.05, 0) is 33.9 Å². The highest BCUT2D eigenvalue weighted by Crippen LogP contribution is 2.22. The zero-order valence-corrected chi connectivity index (χ0v) is 14.0. The Morgan fingerprint density at radius 3 is 2.45 bits per heavy atom. The molecule has 0 aliphatic rings. The lowest BCUT2D eigenvalue weighted by molar-refractivity contribution is -0.121. The summed E-state index contributed by atoms with van der Waals surface area (Å²) in [6, 6.07) is 2.14. The molecule has 2 N–H and O–H groups in total. The van der Waals surface area contributed by atoms with Gasteiger partial charge in [0.25, 0.3) is 0 Å². The minimum Gasteiger partial charge on any atom is -0.355 e. The molecule has 0 saturated heterocycles. The van der Waals surface area contributed by atoms with Gasteiger partial charge in [-0.2, -0.15) is 0 Å². The smallest absolute Gasteiger partial charge is 0.220 e. The topological polar surface area (TPSA) is 58.2 Å². The van der Waals surface area contributed by atoms with Crippen LogP contribution >= 0.6 is 23.7 Å². The van der Waals surface area contributed by atoms with Gasteiger partial charge in [0, 0.05) is 40.7 Å². The number of carbonyl (C=O) groups is 2. The first-order valence-electron chi connectivity index (χ1n) is 6.48. The standard InChI is InChI=1S/C14H22N2O2S.ClH/c1-9(15-4)8-16-14(18)6-5-13(17)12-7-10(2)19-11(12)3;/h7,9,15H,5-6,8H2,1-4H3,(H,16,18);1H. The Kier molecular flexibility index (Phi) is 8.69. The van der Waals surface area contributed by atoms with E-state index in [1.165, 1.54) is 0 Å². The van der Waals surface area contributed by atoms with Gasteiger partial charge in [0.1, 0.15) is 0 Å². The van der Waals surface area contributed by atoms with E-state index in [1.807, 2.05) is 33.9 Å². The number of thiophene rings is 1. The number of hydrogen-bond acceptors (Lipinski definition) is 4. The second-order valence-electron chi connectivity index (χ2n) is 4.74. The third kappa shape index (κ3) is 6.03. The number of carbonyl (C=O) groups excluding carboxylic acids is 2. The van der Waals surface area contributed by atoms with Crippen LogP contribution in [0.25, 0.3) is 0 Å². The molecule has 0 fully saturated rings. The van der Waals surface area contributed by atoms with Crippen molar-refractivity contribution in [2.24, 2.45) is 0 Å². The van der Waals surface area contributed by atoms with Crippen LogP contribution in [0.4, 0.5) is 0 Å². The van der Waals surface area contributed by atoms with E-state index in [1.54, 1.807) is 11.3 Å². The quantitative estimate of drug-likeness (QED) is 0.759. The zero-order valence-electron chi connectivity index (χ0n) is 12.4. The van der Waals surface area contributed by atoms with Crippen molar-refractivity contribution in [1.29, 1.82) is 0 Å². The Morgan fingerprint density at radius 1 is 1.30 bits per heavy atom. The Balaban J connectivity index is 0.00000361. The van der Waals surface area contributed by atoms with Gasteiger partial charge in [0.05, 0.1) is 0 Å². The summed E-state index contributed by atoms with van der Waals surface area (Å²) >= 11 is 1.62. The molecule has 1 amide bonds. The second-order valence-corrected chi connectivity index (χ2v) is 6.20. The largest absolute Gasteiger partial charge is 0.355 e. The molecule has 0 aromatic carbocycles. The van der Waals surface area contributed by atoms with Crippen molar-refractivity contribution in [1.82, 2.24) is 10.6 Å². The van der Waals surface area contributed by atoms with Gasteiger partial charge in [0.2, 0.25) is 5.91 Å². The van der Waals surface area contributed by atoms with Crippen LogP contribution in [-0.4, -0.2) is 31.3 Å². The summed E-state index contributed by atoms with van der Waals surface area (Å²) < 4.78 is 0. The first-order chi connectivity index (χ1) is 8.93. The molecule has 0 aliphatic heterocycles. The van der Waals surface area contributed by atoms with Crippen molar-refractivity contribution in [2.75, 3.05) is 13.6 Å². The van der Waals surface area contributed by atoms with Gasteiger partial charge >= 0.3 is 0 Å². The monoisotopic (exact) mass is 318 g/mol. The normalized spacial score (nSPS) is 11.6. The van der Waals surface area contributed by atoms with Gasteiger partial charge in [-0.15, -0.1) is 23.7 Å². The summed E-state index contributed by atoms with van der Waals surface area (Å²) in [5.74, 6) is -0.0151. The van der Waals surface area contributed by atoms with E-state index in [0.717, 1.165) is 15.3 Å². The fourth-order valence-electron chi connectivity index (χ4n) is 1.73. The zero-order chi connectivity index (χ0) is 14.4. The summed E-state index contributed by atoms with van der Waals surface area (Å²) in [6.45, 7) is 6.50. The number of ketones is 1. The molecule has 1 aromatic heterocycles. The molecule has 4 nitrogen and oxygen atoms in total. The molecule has 114 valence electrons. The number of halogens is 1. The number of likely N-dealkylation sites (N-methyl/N-ethyl adjacent to an activating group) is 1.